The molecule has 2 aromatic rings. The predicted octanol–water partition coefficient (Wildman–Crippen LogP) is -0.217. The van der Waals surface area contributed by atoms with Crippen LogP contribution in [0.25, 0.3) is 11.2 Å². The molecule has 72 valence electrons. The Balaban J connectivity index is 0.000000720. The summed E-state index contributed by atoms with van der Waals surface area (Å²) in [6, 6.07) is 0. The summed E-state index contributed by atoms with van der Waals surface area (Å²) < 4.78 is 0. The highest BCUT2D eigenvalue weighted by Gasteiger charge is 1.99. The molecule has 0 unspecified atom stereocenters. The zero-order valence-corrected chi connectivity index (χ0v) is 7.79. The van der Waals surface area contributed by atoms with Crippen LogP contribution in [0.3, 0.4) is 0 Å². The SMILES string of the molecule is Cl.Cl.O=c1[nH]c(=O)c2[nH]cnc2[nH]1. The van der Waals surface area contributed by atoms with Gasteiger partial charge in [-0.05, 0) is 0 Å². The van der Waals surface area contributed by atoms with Crippen molar-refractivity contribution >= 4 is 36.0 Å². The molecule has 0 aliphatic heterocycles. The van der Waals surface area contributed by atoms with Crippen LogP contribution in [-0.4, -0.2) is 19.9 Å². The van der Waals surface area contributed by atoms with Crippen LogP contribution in [0.1, 0.15) is 0 Å². The van der Waals surface area contributed by atoms with Crippen molar-refractivity contribution in [3.63, 3.8) is 0 Å². The number of rotatable bonds is 0. The molecule has 6 nitrogen and oxygen atoms in total. The second-order valence-corrected chi connectivity index (χ2v) is 2.03. The summed E-state index contributed by atoms with van der Waals surface area (Å²) in [6.45, 7) is 0. The Morgan fingerprint density at radius 3 is 2.54 bits per heavy atom. The minimum atomic E-state index is -0.547. The van der Waals surface area contributed by atoms with E-state index in [0.717, 1.165) is 0 Å². The lowest BCUT2D eigenvalue weighted by molar-refractivity contribution is 1.07. The Hall–Kier alpha value is -1.27. The summed E-state index contributed by atoms with van der Waals surface area (Å²) in [5, 5.41) is 0. The number of imidazole rings is 1. The molecule has 0 atom stereocenters. The maximum Gasteiger partial charge on any atom is 0.327 e. The minimum Gasteiger partial charge on any atom is -0.339 e. The first kappa shape index (κ1) is 11.7. The van der Waals surface area contributed by atoms with Crippen LogP contribution in [0.2, 0.25) is 0 Å². The summed E-state index contributed by atoms with van der Waals surface area (Å²) >= 11 is 0. The number of H-pyrrole nitrogens is 3. The second kappa shape index (κ2) is 4.11. The van der Waals surface area contributed by atoms with Gasteiger partial charge in [-0.2, -0.15) is 0 Å². The molecular weight excluding hydrogens is 219 g/mol. The number of fused-ring (bicyclic) bond motifs is 1. The van der Waals surface area contributed by atoms with Crippen molar-refractivity contribution in [2.24, 2.45) is 0 Å². The van der Waals surface area contributed by atoms with E-state index in [1.165, 1.54) is 6.33 Å². The Bertz CT molecular complexity index is 499. The van der Waals surface area contributed by atoms with Crippen LogP contribution in [0.15, 0.2) is 15.9 Å². The molecule has 2 heterocycles. The van der Waals surface area contributed by atoms with E-state index in [4.69, 9.17) is 0 Å². The van der Waals surface area contributed by atoms with Gasteiger partial charge in [0.05, 0.1) is 6.33 Å². The lowest BCUT2D eigenvalue weighted by Gasteiger charge is -1.83. The van der Waals surface area contributed by atoms with Crippen molar-refractivity contribution in [2.75, 3.05) is 0 Å². The van der Waals surface area contributed by atoms with Gasteiger partial charge in [-0.3, -0.25) is 14.8 Å². The fraction of sp³-hybridized carbons (Fsp3) is 0. The molecule has 3 N–H and O–H groups in total. The highest BCUT2D eigenvalue weighted by molar-refractivity contribution is 5.85. The van der Waals surface area contributed by atoms with Gasteiger partial charge in [0, 0.05) is 0 Å². The number of hydrogen-bond acceptors (Lipinski definition) is 3. The first-order chi connectivity index (χ1) is 5.27. The molecular formula is C5H6Cl2N4O2. The summed E-state index contributed by atoms with van der Waals surface area (Å²) in [6.07, 6.45) is 1.34. The predicted molar refractivity (Wildman–Crippen MR) is 51.8 cm³/mol. The Morgan fingerprint density at radius 1 is 1.15 bits per heavy atom. The van der Waals surface area contributed by atoms with Crippen LogP contribution >= 0.6 is 24.8 Å². The second-order valence-electron chi connectivity index (χ2n) is 2.03. The molecule has 0 aliphatic rings. The summed E-state index contributed by atoms with van der Waals surface area (Å²) in [4.78, 5) is 32.3. The normalized spacial score (nSPS) is 8.92. The maximum atomic E-state index is 10.9. The topological polar surface area (TPSA) is 94.4 Å². The molecule has 0 fully saturated rings. The molecule has 2 aromatic heterocycles. The van der Waals surface area contributed by atoms with Crippen LogP contribution in [0.4, 0.5) is 0 Å². The number of halogens is 2. The van der Waals surface area contributed by atoms with E-state index in [1.54, 1.807) is 0 Å². The Labute approximate surface area is 83.6 Å². The number of hydrogen-bond donors (Lipinski definition) is 3. The molecule has 0 radical (unpaired) electrons. The molecule has 0 saturated heterocycles. The summed E-state index contributed by atoms with van der Waals surface area (Å²) in [5.74, 6) is 0. The van der Waals surface area contributed by atoms with Crippen molar-refractivity contribution in [3.05, 3.63) is 27.2 Å². The first-order valence-electron chi connectivity index (χ1n) is 2.93. The standard InChI is InChI=1S/C5H4N4O2.2ClH/c10-4-2-3(7-1-6-2)8-5(11)9-4;;/h1H,(H3,6,7,8,9,10,11);2*1H. The minimum absolute atomic E-state index is 0. The third kappa shape index (κ3) is 1.90. The average molecular weight is 225 g/mol. The number of nitrogens with zero attached hydrogens (tertiary/aromatic N) is 1. The summed E-state index contributed by atoms with van der Waals surface area (Å²) in [5.41, 5.74) is -0.445. The van der Waals surface area contributed by atoms with E-state index >= 15 is 0 Å². The van der Waals surface area contributed by atoms with Gasteiger partial charge in [0.2, 0.25) is 0 Å². The highest BCUT2D eigenvalue weighted by atomic mass is 35.5. The Kier molecular flexibility index (Phi) is 3.70. The fourth-order valence-corrected chi connectivity index (χ4v) is 0.867. The quantitative estimate of drug-likeness (QED) is 0.578. The van der Waals surface area contributed by atoms with E-state index in [-0.39, 0.29) is 36.0 Å². The van der Waals surface area contributed by atoms with Gasteiger partial charge < -0.3 is 4.98 Å². The van der Waals surface area contributed by atoms with E-state index in [1.807, 2.05) is 0 Å². The van der Waals surface area contributed by atoms with Gasteiger partial charge in [0.25, 0.3) is 5.56 Å². The average Bonchev–Trinajstić information content (AvgIpc) is 2.34. The molecule has 0 aliphatic carbocycles. The lowest BCUT2D eigenvalue weighted by atomic mass is 10.5. The van der Waals surface area contributed by atoms with Crippen LogP contribution in [0, 0.1) is 0 Å². The molecule has 2 rings (SSSR count). The van der Waals surface area contributed by atoms with Crippen molar-refractivity contribution in [1.29, 1.82) is 0 Å². The third-order valence-electron chi connectivity index (χ3n) is 1.33. The zero-order chi connectivity index (χ0) is 7.84. The molecule has 8 heteroatoms. The molecule has 13 heavy (non-hydrogen) atoms. The van der Waals surface area contributed by atoms with Crippen molar-refractivity contribution in [3.8, 4) is 0 Å². The van der Waals surface area contributed by atoms with Crippen molar-refractivity contribution in [2.45, 2.75) is 0 Å². The Morgan fingerprint density at radius 2 is 1.85 bits per heavy atom. The van der Waals surface area contributed by atoms with Crippen molar-refractivity contribution in [1.82, 2.24) is 19.9 Å². The fourth-order valence-electron chi connectivity index (χ4n) is 0.867. The van der Waals surface area contributed by atoms with Crippen molar-refractivity contribution < 1.29 is 0 Å². The highest BCUT2D eigenvalue weighted by Crippen LogP contribution is 1.92. The third-order valence-corrected chi connectivity index (χ3v) is 1.33. The van der Waals surface area contributed by atoms with Gasteiger partial charge in [0.15, 0.2) is 5.65 Å². The first-order valence-corrected chi connectivity index (χ1v) is 2.93. The van der Waals surface area contributed by atoms with Crippen LogP contribution < -0.4 is 11.2 Å². The largest absolute Gasteiger partial charge is 0.339 e. The van der Waals surface area contributed by atoms with Gasteiger partial charge in [-0.15, -0.1) is 24.8 Å². The van der Waals surface area contributed by atoms with Gasteiger partial charge >= 0.3 is 5.69 Å². The van der Waals surface area contributed by atoms with E-state index in [9.17, 15) is 9.59 Å². The zero-order valence-electron chi connectivity index (χ0n) is 6.16. The monoisotopic (exact) mass is 224 g/mol. The van der Waals surface area contributed by atoms with E-state index in [0.29, 0.717) is 0 Å². The van der Waals surface area contributed by atoms with E-state index < -0.39 is 11.2 Å². The smallest absolute Gasteiger partial charge is 0.327 e. The van der Waals surface area contributed by atoms with E-state index in [2.05, 4.69) is 19.9 Å². The maximum absolute atomic E-state index is 10.9. The number of aromatic nitrogens is 4. The molecule has 0 saturated carbocycles. The van der Waals surface area contributed by atoms with Gasteiger partial charge in [-0.25, -0.2) is 9.78 Å². The van der Waals surface area contributed by atoms with Gasteiger partial charge in [0.1, 0.15) is 5.52 Å². The molecule has 0 bridgehead atoms. The molecule has 0 spiro atoms. The summed E-state index contributed by atoms with van der Waals surface area (Å²) in [7, 11) is 0. The number of nitrogens with one attached hydrogen (secondary N) is 3. The van der Waals surface area contributed by atoms with Crippen LogP contribution in [0.5, 0.6) is 0 Å². The molecule has 0 amide bonds. The lowest BCUT2D eigenvalue weighted by Crippen LogP contribution is -2.21. The van der Waals surface area contributed by atoms with Gasteiger partial charge in [-0.1, -0.05) is 0 Å². The number of aromatic amines is 3. The molecule has 0 aromatic carbocycles. The van der Waals surface area contributed by atoms with Crippen LogP contribution in [-0.2, 0) is 0 Å².